The Morgan fingerprint density at radius 2 is 1.76 bits per heavy atom. The van der Waals surface area contributed by atoms with E-state index in [0.717, 1.165) is 94.0 Å². The Kier molecular flexibility index (Phi) is 11.0. The number of fused-ring (bicyclic) bond motifs is 4. The number of ether oxygens (including phenoxy) is 3. The standard InChI is InChI=1S/C40H56ClN3O6S/c1-5-43(6-2)32-22-48-39(49-23-32)34-11-7-9-26(3)27(4)51(46,47)42-38(45)29-13-17-37-36(20-29)44(21-30-12-15-33(30)34)24-40(25-50-37)18-8-10-28-19-31(41)14-16-35(28)40/h13-14,16-17,19-20,26-27,30,32-34,39H,5-12,15,18,21-25H2,1-4H3,(H,42,45)/t26-,27+,30-,32-,33+,34+,39-,40-/m0/s1. The molecular formula is C40H56ClN3O6S. The molecule has 2 aliphatic carbocycles. The predicted octanol–water partition coefficient (Wildman–Crippen LogP) is 6.81. The third-order valence-electron chi connectivity index (χ3n) is 13.1. The van der Waals surface area contributed by atoms with Crippen molar-refractivity contribution in [2.75, 3.05) is 50.9 Å². The van der Waals surface area contributed by atoms with E-state index in [1.54, 1.807) is 13.0 Å². The molecule has 9 nitrogen and oxygen atoms in total. The minimum Gasteiger partial charge on any atom is -0.490 e. The molecule has 0 radical (unpaired) electrons. The van der Waals surface area contributed by atoms with Gasteiger partial charge in [0.1, 0.15) is 5.75 Å². The van der Waals surface area contributed by atoms with Crippen molar-refractivity contribution in [2.45, 2.75) is 102 Å². The van der Waals surface area contributed by atoms with Gasteiger partial charge in [0.15, 0.2) is 6.29 Å². The normalized spacial score (nSPS) is 34.0. The molecule has 1 spiro atoms. The first-order valence-electron chi connectivity index (χ1n) is 19.4. The van der Waals surface area contributed by atoms with Crippen molar-refractivity contribution in [3.63, 3.8) is 0 Å². The second-order valence-corrected chi connectivity index (χ2v) is 18.4. The number of amides is 1. The molecule has 6 atom stereocenters. The lowest BCUT2D eigenvalue weighted by Gasteiger charge is -2.49. The number of halogens is 1. The molecule has 51 heavy (non-hydrogen) atoms. The van der Waals surface area contributed by atoms with Gasteiger partial charge in [0.2, 0.25) is 10.0 Å². The maximum atomic E-state index is 13.6. The second kappa shape index (κ2) is 15.2. The van der Waals surface area contributed by atoms with Crippen LogP contribution >= 0.6 is 11.6 Å². The summed E-state index contributed by atoms with van der Waals surface area (Å²) in [5, 5.41) is 0.0311. The zero-order chi connectivity index (χ0) is 35.9. The quantitative estimate of drug-likeness (QED) is 0.366. The van der Waals surface area contributed by atoms with Crippen LogP contribution < -0.4 is 14.4 Å². The van der Waals surface area contributed by atoms with E-state index in [0.29, 0.717) is 37.2 Å². The molecule has 3 heterocycles. The van der Waals surface area contributed by atoms with Gasteiger partial charge in [-0.05, 0) is 124 Å². The van der Waals surface area contributed by atoms with Crippen molar-refractivity contribution in [2.24, 2.45) is 23.7 Å². The highest BCUT2D eigenvalue weighted by atomic mass is 35.5. The number of aryl methyl sites for hydroxylation is 1. The van der Waals surface area contributed by atoms with Gasteiger partial charge in [-0.2, -0.15) is 0 Å². The van der Waals surface area contributed by atoms with Crippen LogP contribution in [-0.2, 0) is 31.3 Å². The zero-order valence-corrected chi connectivity index (χ0v) is 32.3. The van der Waals surface area contributed by atoms with Gasteiger partial charge in [-0.1, -0.05) is 44.9 Å². The molecular weight excluding hydrogens is 686 g/mol. The molecule has 1 N–H and O–H groups in total. The van der Waals surface area contributed by atoms with Gasteiger partial charge in [0.05, 0.1) is 36.8 Å². The number of carbonyl (C=O) groups excluding carboxylic acids is 1. The van der Waals surface area contributed by atoms with Crippen molar-refractivity contribution in [1.29, 1.82) is 0 Å². The predicted molar refractivity (Wildman–Crippen MR) is 201 cm³/mol. The second-order valence-electron chi connectivity index (χ2n) is 16.0. The first-order valence-corrected chi connectivity index (χ1v) is 21.3. The van der Waals surface area contributed by atoms with E-state index in [4.69, 9.17) is 25.8 Å². The third-order valence-corrected chi connectivity index (χ3v) is 15.2. The van der Waals surface area contributed by atoms with E-state index in [-0.39, 0.29) is 29.6 Å². The molecule has 5 aliphatic rings. The summed E-state index contributed by atoms with van der Waals surface area (Å²) in [5.41, 5.74) is 3.49. The molecule has 2 fully saturated rings. The van der Waals surface area contributed by atoms with Gasteiger partial charge >= 0.3 is 0 Å². The highest BCUT2D eigenvalue weighted by Gasteiger charge is 2.47. The number of nitrogens with zero attached hydrogens (tertiary/aromatic N) is 2. The lowest BCUT2D eigenvalue weighted by molar-refractivity contribution is -0.243. The first-order chi connectivity index (χ1) is 24.5. The summed E-state index contributed by atoms with van der Waals surface area (Å²) in [6.07, 6.45) is 7.51. The number of carbonyl (C=O) groups is 1. The summed E-state index contributed by atoms with van der Waals surface area (Å²) in [5.74, 6) is 1.05. The van der Waals surface area contributed by atoms with E-state index in [1.807, 2.05) is 25.1 Å². The molecule has 11 heteroatoms. The third kappa shape index (κ3) is 7.42. The van der Waals surface area contributed by atoms with E-state index >= 15 is 0 Å². The average molecular weight is 742 g/mol. The highest BCUT2D eigenvalue weighted by Crippen LogP contribution is 2.49. The van der Waals surface area contributed by atoms with Gasteiger partial charge in [-0.25, -0.2) is 13.1 Å². The molecule has 2 aromatic carbocycles. The Morgan fingerprint density at radius 3 is 2.49 bits per heavy atom. The van der Waals surface area contributed by atoms with Crippen LogP contribution in [0.1, 0.15) is 94.1 Å². The van der Waals surface area contributed by atoms with Crippen molar-refractivity contribution in [3.05, 3.63) is 58.1 Å². The zero-order valence-electron chi connectivity index (χ0n) is 30.7. The maximum absolute atomic E-state index is 13.6. The first kappa shape index (κ1) is 37.0. The van der Waals surface area contributed by atoms with Crippen LogP contribution in [0, 0.1) is 23.7 Å². The molecule has 2 bridgehead atoms. The van der Waals surface area contributed by atoms with E-state index in [9.17, 15) is 13.2 Å². The number of benzene rings is 2. The van der Waals surface area contributed by atoms with Crippen molar-refractivity contribution in [1.82, 2.24) is 9.62 Å². The molecule has 0 unspecified atom stereocenters. The number of nitrogens with one attached hydrogen (secondary N) is 1. The van der Waals surface area contributed by atoms with Gasteiger partial charge in [0.25, 0.3) is 5.91 Å². The lowest BCUT2D eigenvalue weighted by Crippen LogP contribution is -2.53. The van der Waals surface area contributed by atoms with Crippen molar-refractivity contribution < 1.29 is 27.4 Å². The summed E-state index contributed by atoms with van der Waals surface area (Å²) < 4.78 is 49.4. The summed E-state index contributed by atoms with van der Waals surface area (Å²) >= 11 is 6.49. The molecule has 1 saturated heterocycles. The van der Waals surface area contributed by atoms with Crippen LogP contribution in [0.25, 0.3) is 0 Å². The van der Waals surface area contributed by atoms with E-state index in [1.165, 1.54) is 11.1 Å². The molecule has 0 aromatic heterocycles. The topological polar surface area (TPSA) is 97.4 Å². The van der Waals surface area contributed by atoms with Gasteiger partial charge < -0.3 is 19.1 Å². The fraction of sp³-hybridized carbons (Fsp3) is 0.675. The van der Waals surface area contributed by atoms with E-state index < -0.39 is 21.2 Å². The molecule has 3 aliphatic heterocycles. The molecule has 2 aromatic rings. The van der Waals surface area contributed by atoms with Crippen LogP contribution in [0.2, 0.25) is 5.02 Å². The number of hydrogen-bond acceptors (Lipinski definition) is 8. The van der Waals surface area contributed by atoms with E-state index in [2.05, 4.69) is 40.5 Å². The summed E-state index contributed by atoms with van der Waals surface area (Å²) in [7, 11) is -3.91. The number of hydrogen-bond donors (Lipinski definition) is 1. The van der Waals surface area contributed by atoms with Gasteiger partial charge in [-0.15, -0.1) is 0 Å². The number of sulfonamides is 1. The summed E-state index contributed by atoms with van der Waals surface area (Å²) in [4.78, 5) is 18.4. The Hall–Kier alpha value is -2.37. The average Bonchev–Trinajstić information content (AvgIpc) is 3.26. The fourth-order valence-corrected chi connectivity index (χ4v) is 11.2. The summed E-state index contributed by atoms with van der Waals surface area (Å²) in [6.45, 7) is 13.4. The van der Waals surface area contributed by atoms with Crippen LogP contribution in [0.5, 0.6) is 5.75 Å². The maximum Gasteiger partial charge on any atom is 0.264 e. The number of likely N-dealkylation sites (N-methyl/N-ethyl adjacent to an activating group) is 1. The van der Waals surface area contributed by atoms with Gasteiger partial charge in [-0.3, -0.25) is 9.69 Å². The van der Waals surface area contributed by atoms with Crippen LogP contribution in [0.3, 0.4) is 0 Å². The largest absolute Gasteiger partial charge is 0.490 e. The molecule has 280 valence electrons. The van der Waals surface area contributed by atoms with Crippen LogP contribution in [-0.4, -0.2) is 82.8 Å². The van der Waals surface area contributed by atoms with Gasteiger partial charge in [0, 0.05) is 35.0 Å². The molecule has 1 saturated carbocycles. The Balaban J connectivity index is 1.25. The van der Waals surface area contributed by atoms with Crippen LogP contribution in [0.4, 0.5) is 5.69 Å². The smallest absolute Gasteiger partial charge is 0.264 e. The Bertz CT molecular complexity index is 1680. The highest BCUT2D eigenvalue weighted by molar-refractivity contribution is 7.90. The Labute approximate surface area is 309 Å². The number of anilines is 1. The van der Waals surface area contributed by atoms with Crippen molar-refractivity contribution in [3.8, 4) is 5.75 Å². The molecule has 7 rings (SSSR count). The lowest BCUT2D eigenvalue weighted by atomic mass is 9.64. The minimum absolute atomic E-state index is 0.123. The molecule has 1 amide bonds. The minimum atomic E-state index is -3.91. The van der Waals surface area contributed by atoms with Crippen molar-refractivity contribution >= 4 is 33.2 Å². The SMILES string of the molecule is CCN(CC)[C@H]1CO[C@H]([C@@H]2CCC[C@H](C)[C@@H](C)S(=O)(=O)NC(=O)c3ccc4c(c3)N(C[C@@H]3CC[C@H]32)C[C@@]2(CCCc3cc(Cl)ccc32)CO4)OC1. The number of rotatable bonds is 4. The summed E-state index contributed by atoms with van der Waals surface area (Å²) in [6, 6.07) is 11.9. The monoisotopic (exact) mass is 741 g/mol. The fourth-order valence-electron chi connectivity index (χ4n) is 9.68. The van der Waals surface area contributed by atoms with Crippen LogP contribution in [0.15, 0.2) is 36.4 Å². The Morgan fingerprint density at radius 1 is 0.980 bits per heavy atom.